The Balaban J connectivity index is 2.93. The molecule has 0 rings (SSSR count). The molecule has 0 aromatic carbocycles. The fourth-order valence-electron chi connectivity index (χ4n) is 0.303. The van der Waals surface area contributed by atoms with Gasteiger partial charge in [0.05, 0.1) is 6.07 Å². The van der Waals surface area contributed by atoms with E-state index in [1.807, 2.05) is 6.07 Å². The van der Waals surface area contributed by atoms with Gasteiger partial charge in [-0.1, -0.05) is 5.92 Å². The number of rotatable bonds is 2. The molecular weight excluding hydrogens is 166 g/mol. The lowest BCUT2D eigenvalue weighted by Gasteiger charge is -1.78. The summed E-state index contributed by atoms with van der Waals surface area (Å²) in [6.07, 6.45) is 2.32. The van der Waals surface area contributed by atoms with Crippen LogP contribution >= 0.6 is 15.9 Å². The van der Waals surface area contributed by atoms with Gasteiger partial charge in [-0.25, -0.2) is 0 Å². The molecule has 0 amide bonds. The fourth-order valence-corrected chi connectivity index (χ4v) is 0.501. The van der Waals surface area contributed by atoms with Crippen LogP contribution in [0, 0.1) is 22.1 Å². The fraction of sp³-hybridized carbons (Fsp3) is 0.500. The molecule has 0 radical (unpaired) electrons. The molecule has 42 valence electrons. The Morgan fingerprint density at radius 3 is 2.62 bits per heavy atom. The Labute approximate surface area is 57.8 Å². The van der Waals surface area contributed by atoms with Crippen LogP contribution in [0.3, 0.4) is 0 Å². The predicted octanol–water partition coefficient (Wildman–Crippen LogP) is 2.04. The molecule has 0 unspecified atom stereocenters. The smallest absolute Gasteiger partial charge is 0.0622 e. The van der Waals surface area contributed by atoms with Gasteiger partial charge in [0.2, 0.25) is 0 Å². The van der Waals surface area contributed by atoms with Crippen LogP contribution in [-0.2, 0) is 0 Å². The molecular formula is C6H6BrN. The van der Waals surface area contributed by atoms with Crippen molar-refractivity contribution in [3.8, 4) is 16.8 Å². The number of hydrogen-bond acceptors (Lipinski definition) is 1. The molecule has 0 bridgehead atoms. The van der Waals surface area contributed by atoms with Crippen molar-refractivity contribution >= 4 is 15.9 Å². The van der Waals surface area contributed by atoms with Gasteiger partial charge in [-0.15, -0.1) is 0 Å². The summed E-state index contributed by atoms with van der Waals surface area (Å²) < 4.78 is 0. The van der Waals surface area contributed by atoms with Crippen molar-refractivity contribution in [3.63, 3.8) is 0 Å². The molecule has 1 nitrogen and oxygen atoms in total. The molecule has 0 aliphatic rings. The summed E-state index contributed by atoms with van der Waals surface area (Å²) in [6.45, 7) is 0. The lowest BCUT2D eigenvalue weighted by molar-refractivity contribution is 0.894. The number of nitriles is 1. The van der Waals surface area contributed by atoms with E-state index in [4.69, 9.17) is 5.26 Å². The van der Waals surface area contributed by atoms with E-state index in [-0.39, 0.29) is 0 Å². The molecule has 0 aromatic heterocycles. The summed E-state index contributed by atoms with van der Waals surface area (Å²) in [5.74, 6) is 2.80. The van der Waals surface area contributed by atoms with Crippen molar-refractivity contribution in [2.45, 2.75) is 19.3 Å². The van der Waals surface area contributed by atoms with E-state index in [2.05, 4.69) is 26.7 Å². The zero-order valence-electron chi connectivity index (χ0n) is 4.45. The van der Waals surface area contributed by atoms with Crippen LogP contribution in [0.25, 0.3) is 0 Å². The first-order valence-electron chi connectivity index (χ1n) is 2.37. The quantitative estimate of drug-likeness (QED) is 0.461. The number of hydrogen-bond donors (Lipinski definition) is 0. The summed E-state index contributed by atoms with van der Waals surface area (Å²) in [5.41, 5.74) is 0. The summed E-state index contributed by atoms with van der Waals surface area (Å²) in [5, 5.41) is 8.06. The number of unbranched alkanes of at least 4 members (excludes halogenated alkanes) is 2. The maximum Gasteiger partial charge on any atom is 0.0622 e. The minimum atomic E-state index is 0.613. The van der Waals surface area contributed by atoms with E-state index in [1.54, 1.807) is 0 Å². The SMILES string of the molecule is N#CCCCC#CBr. The van der Waals surface area contributed by atoms with Crippen LogP contribution in [0.5, 0.6) is 0 Å². The van der Waals surface area contributed by atoms with Gasteiger partial charge >= 0.3 is 0 Å². The van der Waals surface area contributed by atoms with E-state index in [0.29, 0.717) is 6.42 Å². The van der Waals surface area contributed by atoms with Crippen LogP contribution in [-0.4, -0.2) is 0 Å². The Morgan fingerprint density at radius 2 is 2.12 bits per heavy atom. The van der Waals surface area contributed by atoms with E-state index < -0.39 is 0 Å². The van der Waals surface area contributed by atoms with E-state index in [9.17, 15) is 0 Å². The molecule has 0 saturated heterocycles. The Morgan fingerprint density at radius 1 is 1.38 bits per heavy atom. The third-order valence-corrected chi connectivity index (χ3v) is 0.938. The van der Waals surface area contributed by atoms with Crippen molar-refractivity contribution in [1.82, 2.24) is 0 Å². The van der Waals surface area contributed by atoms with Crippen molar-refractivity contribution in [2.75, 3.05) is 0 Å². The third-order valence-electron chi connectivity index (χ3n) is 0.657. The third kappa shape index (κ3) is 5.53. The average Bonchev–Trinajstić information content (AvgIpc) is 1.81. The van der Waals surface area contributed by atoms with Gasteiger partial charge in [0.1, 0.15) is 0 Å². The van der Waals surface area contributed by atoms with Crippen LogP contribution in [0.2, 0.25) is 0 Å². The minimum Gasteiger partial charge on any atom is -0.198 e. The van der Waals surface area contributed by atoms with Gasteiger partial charge in [0, 0.05) is 28.8 Å². The normalized spacial score (nSPS) is 6.50. The molecule has 0 fully saturated rings. The van der Waals surface area contributed by atoms with Gasteiger partial charge in [-0.2, -0.15) is 5.26 Å². The maximum absolute atomic E-state index is 8.06. The molecule has 0 atom stereocenters. The van der Waals surface area contributed by atoms with Gasteiger partial charge in [-0.05, 0) is 11.3 Å². The van der Waals surface area contributed by atoms with Crippen molar-refractivity contribution in [2.24, 2.45) is 0 Å². The predicted molar refractivity (Wildman–Crippen MR) is 36.2 cm³/mol. The maximum atomic E-state index is 8.06. The standard InChI is InChI=1S/C6H6BrN/c7-5-3-1-2-4-6-8/h1-2,4H2. The van der Waals surface area contributed by atoms with Crippen molar-refractivity contribution in [1.29, 1.82) is 5.26 Å². The Bertz CT molecular complexity index is 135. The molecule has 0 N–H and O–H groups in total. The average molecular weight is 172 g/mol. The van der Waals surface area contributed by atoms with E-state index in [1.165, 1.54) is 0 Å². The molecule has 0 saturated carbocycles. The topological polar surface area (TPSA) is 23.8 Å². The van der Waals surface area contributed by atoms with Gasteiger partial charge in [-0.3, -0.25) is 0 Å². The summed E-state index contributed by atoms with van der Waals surface area (Å²) in [4.78, 5) is 2.58. The van der Waals surface area contributed by atoms with Crippen molar-refractivity contribution in [3.05, 3.63) is 0 Å². The highest BCUT2D eigenvalue weighted by molar-refractivity contribution is 9.12. The monoisotopic (exact) mass is 171 g/mol. The van der Waals surface area contributed by atoms with Gasteiger partial charge in [0.25, 0.3) is 0 Å². The van der Waals surface area contributed by atoms with Crippen LogP contribution in [0.1, 0.15) is 19.3 Å². The Hall–Kier alpha value is -0.470. The lowest BCUT2D eigenvalue weighted by atomic mass is 10.3. The van der Waals surface area contributed by atoms with E-state index in [0.717, 1.165) is 12.8 Å². The summed E-state index contributed by atoms with van der Waals surface area (Å²) >= 11 is 2.96. The largest absolute Gasteiger partial charge is 0.198 e. The minimum absolute atomic E-state index is 0.613. The highest BCUT2D eigenvalue weighted by Crippen LogP contribution is 1.90. The molecule has 0 aliphatic carbocycles. The second kappa shape index (κ2) is 6.53. The summed E-state index contributed by atoms with van der Waals surface area (Å²) in [6, 6.07) is 2.04. The van der Waals surface area contributed by atoms with E-state index >= 15 is 0 Å². The van der Waals surface area contributed by atoms with Crippen LogP contribution < -0.4 is 0 Å². The number of nitrogens with zero attached hydrogens (tertiary/aromatic N) is 1. The lowest BCUT2D eigenvalue weighted by Crippen LogP contribution is -1.66. The molecule has 8 heavy (non-hydrogen) atoms. The summed E-state index contributed by atoms with van der Waals surface area (Å²) in [7, 11) is 0. The molecule has 2 heteroatoms. The molecule has 0 aromatic rings. The van der Waals surface area contributed by atoms with Gasteiger partial charge < -0.3 is 0 Å². The highest BCUT2D eigenvalue weighted by atomic mass is 79.9. The second-order valence-corrected chi connectivity index (χ2v) is 1.68. The molecule has 0 spiro atoms. The zero-order chi connectivity index (χ0) is 6.24. The second-order valence-electron chi connectivity index (χ2n) is 1.28. The molecule has 0 heterocycles. The number of halogens is 1. The first-order chi connectivity index (χ1) is 3.91. The highest BCUT2D eigenvalue weighted by Gasteiger charge is 1.78. The zero-order valence-corrected chi connectivity index (χ0v) is 6.03. The Kier molecular flexibility index (Phi) is 6.15. The first kappa shape index (κ1) is 7.53. The van der Waals surface area contributed by atoms with Gasteiger partial charge in [0.15, 0.2) is 0 Å². The van der Waals surface area contributed by atoms with Crippen molar-refractivity contribution < 1.29 is 0 Å². The van der Waals surface area contributed by atoms with Crippen LogP contribution in [0.15, 0.2) is 0 Å². The molecule has 0 aliphatic heterocycles. The first-order valence-corrected chi connectivity index (χ1v) is 3.16. The van der Waals surface area contributed by atoms with Crippen LogP contribution in [0.4, 0.5) is 0 Å².